The Hall–Kier alpha value is -0.120. The van der Waals surface area contributed by atoms with E-state index < -0.39 is 0 Å². The zero-order valence-electron chi connectivity index (χ0n) is 10.5. The molecule has 0 aliphatic carbocycles. The summed E-state index contributed by atoms with van der Waals surface area (Å²) in [4.78, 5) is 0. The lowest BCUT2D eigenvalue weighted by Crippen LogP contribution is -2.31. The summed E-state index contributed by atoms with van der Waals surface area (Å²) in [6.07, 6.45) is 5.38. The molecule has 3 heteroatoms. The molecule has 0 heterocycles. The maximum absolute atomic E-state index is 5.37. The van der Waals surface area contributed by atoms with Crippen molar-refractivity contribution >= 4 is 0 Å². The fraction of sp³-hybridized carbons (Fsp3) is 1.00. The van der Waals surface area contributed by atoms with Crippen molar-refractivity contribution in [2.75, 3.05) is 32.7 Å². The Labute approximate surface area is 95.2 Å². The van der Waals surface area contributed by atoms with E-state index in [1.807, 2.05) is 0 Å². The maximum Gasteiger partial charge on any atom is 0.00772 e. The molecule has 1 atom stereocenters. The minimum absolute atomic E-state index is 0.730. The first kappa shape index (κ1) is 14.9. The van der Waals surface area contributed by atoms with Gasteiger partial charge in [0.1, 0.15) is 0 Å². The molecule has 0 aliphatic heterocycles. The Kier molecular flexibility index (Phi) is 11.9. The standard InChI is InChI=1S/C12H29N3/c1-3-4-5-12(2)6-8-14-10-11-15-9-7-13/h12,14-15H,3-11,13H2,1-2H3. The fourth-order valence-electron chi connectivity index (χ4n) is 1.57. The first-order chi connectivity index (χ1) is 7.31. The van der Waals surface area contributed by atoms with Gasteiger partial charge in [-0.3, -0.25) is 0 Å². The van der Waals surface area contributed by atoms with E-state index >= 15 is 0 Å². The summed E-state index contributed by atoms with van der Waals surface area (Å²) in [7, 11) is 0. The summed E-state index contributed by atoms with van der Waals surface area (Å²) in [5.74, 6) is 0.870. The molecule has 1 unspecified atom stereocenters. The highest BCUT2D eigenvalue weighted by molar-refractivity contribution is 4.57. The zero-order valence-corrected chi connectivity index (χ0v) is 10.5. The van der Waals surface area contributed by atoms with Gasteiger partial charge in [-0.05, 0) is 18.9 Å². The summed E-state index contributed by atoms with van der Waals surface area (Å²) in [5.41, 5.74) is 5.37. The first-order valence-corrected chi connectivity index (χ1v) is 6.42. The molecule has 0 spiro atoms. The van der Waals surface area contributed by atoms with Crippen molar-refractivity contribution in [2.24, 2.45) is 11.7 Å². The van der Waals surface area contributed by atoms with Crippen LogP contribution < -0.4 is 16.4 Å². The van der Waals surface area contributed by atoms with Crippen LogP contribution in [0.4, 0.5) is 0 Å². The number of nitrogens with one attached hydrogen (secondary N) is 2. The molecule has 0 radical (unpaired) electrons. The largest absolute Gasteiger partial charge is 0.329 e. The van der Waals surface area contributed by atoms with Crippen LogP contribution in [0.1, 0.15) is 39.5 Å². The van der Waals surface area contributed by atoms with Crippen LogP contribution in [-0.4, -0.2) is 32.7 Å². The van der Waals surface area contributed by atoms with Crippen molar-refractivity contribution in [1.82, 2.24) is 10.6 Å². The number of nitrogens with two attached hydrogens (primary N) is 1. The van der Waals surface area contributed by atoms with E-state index in [-0.39, 0.29) is 0 Å². The second-order valence-electron chi connectivity index (χ2n) is 4.32. The third kappa shape index (κ3) is 11.8. The molecular formula is C12H29N3. The molecule has 0 rings (SSSR count). The second kappa shape index (κ2) is 12.0. The average Bonchev–Trinajstić information content (AvgIpc) is 2.25. The molecule has 0 fully saturated rings. The topological polar surface area (TPSA) is 50.1 Å². The van der Waals surface area contributed by atoms with Crippen LogP contribution in [0.2, 0.25) is 0 Å². The van der Waals surface area contributed by atoms with Crippen molar-refractivity contribution in [2.45, 2.75) is 39.5 Å². The van der Waals surface area contributed by atoms with Crippen LogP contribution in [0.3, 0.4) is 0 Å². The number of unbranched alkanes of at least 4 members (excludes halogenated alkanes) is 1. The van der Waals surface area contributed by atoms with E-state index in [0.29, 0.717) is 0 Å². The lowest BCUT2D eigenvalue weighted by atomic mass is 10.0. The highest BCUT2D eigenvalue weighted by Crippen LogP contribution is 2.10. The van der Waals surface area contributed by atoms with Crippen molar-refractivity contribution in [3.05, 3.63) is 0 Å². The smallest absolute Gasteiger partial charge is 0.00772 e. The molecule has 0 aromatic rings. The normalized spacial score (nSPS) is 13.0. The van der Waals surface area contributed by atoms with Gasteiger partial charge in [-0.2, -0.15) is 0 Å². The molecule has 0 aromatic carbocycles. The van der Waals surface area contributed by atoms with Crippen LogP contribution in [0, 0.1) is 5.92 Å². The molecule has 0 bridgehead atoms. The van der Waals surface area contributed by atoms with Gasteiger partial charge < -0.3 is 16.4 Å². The van der Waals surface area contributed by atoms with Gasteiger partial charge in [0, 0.05) is 26.2 Å². The van der Waals surface area contributed by atoms with E-state index in [1.165, 1.54) is 25.7 Å². The Bertz CT molecular complexity index is 117. The molecule has 4 N–H and O–H groups in total. The van der Waals surface area contributed by atoms with Gasteiger partial charge in [-0.25, -0.2) is 0 Å². The third-order valence-electron chi connectivity index (χ3n) is 2.66. The molecule has 92 valence electrons. The molecule has 0 amide bonds. The monoisotopic (exact) mass is 215 g/mol. The van der Waals surface area contributed by atoms with Crippen molar-refractivity contribution in [3.8, 4) is 0 Å². The van der Waals surface area contributed by atoms with Crippen molar-refractivity contribution in [3.63, 3.8) is 0 Å². The van der Waals surface area contributed by atoms with Crippen LogP contribution >= 0.6 is 0 Å². The number of hydrogen-bond acceptors (Lipinski definition) is 3. The van der Waals surface area contributed by atoms with E-state index in [4.69, 9.17) is 5.73 Å². The van der Waals surface area contributed by atoms with Crippen LogP contribution in [0.15, 0.2) is 0 Å². The van der Waals surface area contributed by atoms with Gasteiger partial charge in [-0.1, -0.05) is 33.1 Å². The van der Waals surface area contributed by atoms with Crippen LogP contribution in [0.5, 0.6) is 0 Å². The summed E-state index contributed by atoms with van der Waals surface area (Å²) in [6, 6.07) is 0. The van der Waals surface area contributed by atoms with Gasteiger partial charge in [0.2, 0.25) is 0 Å². The van der Waals surface area contributed by atoms with Crippen LogP contribution in [0.25, 0.3) is 0 Å². The number of hydrogen-bond donors (Lipinski definition) is 3. The minimum Gasteiger partial charge on any atom is -0.329 e. The Morgan fingerprint density at radius 3 is 2.27 bits per heavy atom. The second-order valence-corrected chi connectivity index (χ2v) is 4.32. The summed E-state index contributed by atoms with van der Waals surface area (Å²) in [5, 5.41) is 6.72. The van der Waals surface area contributed by atoms with E-state index in [9.17, 15) is 0 Å². The van der Waals surface area contributed by atoms with Gasteiger partial charge in [-0.15, -0.1) is 0 Å². The van der Waals surface area contributed by atoms with Gasteiger partial charge >= 0.3 is 0 Å². The molecule has 0 aliphatic rings. The van der Waals surface area contributed by atoms with Crippen molar-refractivity contribution in [1.29, 1.82) is 0 Å². The highest BCUT2D eigenvalue weighted by atomic mass is 14.9. The lowest BCUT2D eigenvalue weighted by Gasteiger charge is -2.11. The molecule has 15 heavy (non-hydrogen) atoms. The molecule has 0 aromatic heterocycles. The summed E-state index contributed by atoms with van der Waals surface area (Å²) >= 11 is 0. The fourth-order valence-corrected chi connectivity index (χ4v) is 1.57. The quantitative estimate of drug-likeness (QED) is 0.456. The Morgan fingerprint density at radius 2 is 1.67 bits per heavy atom. The van der Waals surface area contributed by atoms with Gasteiger partial charge in [0.25, 0.3) is 0 Å². The Morgan fingerprint density at radius 1 is 1.00 bits per heavy atom. The summed E-state index contributed by atoms with van der Waals surface area (Å²) < 4.78 is 0. The van der Waals surface area contributed by atoms with Gasteiger partial charge in [0.15, 0.2) is 0 Å². The van der Waals surface area contributed by atoms with E-state index in [0.717, 1.165) is 38.6 Å². The maximum atomic E-state index is 5.37. The molecule has 0 saturated heterocycles. The van der Waals surface area contributed by atoms with Crippen LogP contribution in [-0.2, 0) is 0 Å². The zero-order chi connectivity index (χ0) is 11.4. The Balaban J connectivity index is 3.02. The third-order valence-corrected chi connectivity index (χ3v) is 2.66. The van der Waals surface area contributed by atoms with Crippen molar-refractivity contribution < 1.29 is 0 Å². The van der Waals surface area contributed by atoms with E-state index in [2.05, 4.69) is 24.5 Å². The lowest BCUT2D eigenvalue weighted by molar-refractivity contribution is 0.452. The predicted molar refractivity (Wildman–Crippen MR) is 68.1 cm³/mol. The average molecular weight is 215 g/mol. The highest BCUT2D eigenvalue weighted by Gasteiger charge is 2.00. The predicted octanol–water partition coefficient (Wildman–Crippen LogP) is 1.34. The molecule has 3 nitrogen and oxygen atoms in total. The minimum atomic E-state index is 0.730. The van der Waals surface area contributed by atoms with Gasteiger partial charge in [0.05, 0.1) is 0 Å². The molecule has 0 saturated carbocycles. The molecular weight excluding hydrogens is 186 g/mol. The first-order valence-electron chi connectivity index (χ1n) is 6.42. The SMILES string of the molecule is CCCCC(C)CCNCCNCCN. The van der Waals surface area contributed by atoms with E-state index in [1.54, 1.807) is 0 Å². The number of rotatable bonds is 11. The summed E-state index contributed by atoms with van der Waals surface area (Å²) in [6.45, 7) is 9.50.